The standard InChI is InChI=1S/C2H7NO.CH5NO/c3-1-2-4;1-2-3/h4H,1-3H2;2-3H,1H3. The van der Waals surface area contributed by atoms with E-state index in [0.717, 1.165) is 0 Å². The van der Waals surface area contributed by atoms with Crippen molar-refractivity contribution >= 4 is 0 Å². The van der Waals surface area contributed by atoms with Gasteiger partial charge >= 0.3 is 0 Å². The highest BCUT2D eigenvalue weighted by Gasteiger charge is 1.56. The summed E-state index contributed by atoms with van der Waals surface area (Å²) < 4.78 is 0. The SMILES string of the molecule is CNO.NCCO. The molecule has 0 aromatic heterocycles. The first-order valence-corrected chi connectivity index (χ1v) is 1.95. The second kappa shape index (κ2) is 17.0. The molecular formula is C3H12N2O2. The Kier molecular flexibility index (Phi) is 24.1. The van der Waals surface area contributed by atoms with Crippen LogP contribution in [0.15, 0.2) is 0 Å². The maximum absolute atomic E-state index is 7.75. The van der Waals surface area contributed by atoms with Gasteiger partial charge in [-0.25, -0.2) is 5.48 Å². The van der Waals surface area contributed by atoms with Crippen LogP contribution in [-0.2, 0) is 0 Å². The van der Waals surface area contributed by atoms with Crippen molar-refractivity contribution in [2.24, 2.45) is 5.73 Å². The van der Waals surface area contributed by atoms with Crippen molar-refractivity contribution in [1.82, 2.24) is 5.48 Å². The molecule has 4 nitrogen and oxygen atoms in total. The smallest absolute Gasteiger partial charge is 0.0553 e. The highest BCUT2D eigenvalue weighted by molar-refractivity contribution is 4.17. The molecule has 5 N–H and O–H groups in total. The molecule has 46 valence electrons. The highest BCUT2D eigenvalue weighted by atomic mass is 16.5. The molecule has 0 fully saturated rings. The van der Waals surface area contributed by atoms with Gasteiger partial charge in [-0.1, -0.05) is 0 Å². The molecule has 0 radical (unpaired) electrons. The van der Waals surface area contributed by atoms with Gasteiger partial charge in [-0.3, -0.25) is 0 Å². The fourth-order valence-corrected chi connectivity index (χ4v) is 0. The summed E-state index contributed by atoms with van der Waals surface area (Å²) in [6.45, 7) is 0.472. The largest absolute Gasteiger partial charge is 0.395 e. The minimum Gasteiger partial charge on any atom is -0.395 e. The van der Waals surface area contributed by atoms with Crippen LogP contribution in [0.4, 0.5) is 0 Å². The number of nitrogens with two attached hydrogens (primary N) is 1. The average molecular weight is 108 g/mol. The van der Waals surface area contributed by atoms with E-state index in [-0.39, 0.29) is 6.61 Å². The summed E-state index contributed by atoms with van der Waals surface area (Å²) in [6, 6.07) is 0. The second-order valence-corrected chi connectivity index (χ2v) is 0.736. The Bertz CT molecular complexity index is 18.4. The van der Waals surface area contributed by atoms with E-state index in [2.05, 4.69) is 0 Å². The molecule has 0 bridgehead atoms. The third-order valence-electron chi connectivity index (χ3n) is 0.129. The van der Waals surface area contributed by atoms with Crippen molar-refractivity contribution in [1.29, 1.82) is 0 Å². The van der Waals surface area contributed by atoms with E-state index in [4.69, 9.17) is 16.0 Å². The van der Waals surface area contributed by atoms with Crippen molar-refractivity contribution in [3.63, 3.8) is 0 Å². The van der Waals surface area contributed by atoms with E-state index in [1.807, 2.05) is 0 Å². The predicted molar refractivity (Wildman–Crippen MR) is 27.0 cm³/mol. The van der Waals surface area contributed by atoms with Crippen LogP contribution in [0.2, 0.25) is 0 Å². The van der Waals surface area contributed by atoms with E-state index in [1.165, 1.54) is 7.05 Å². The van der Waals surface area contributed by atoms with Gasteiger partial charge in [-0.05, 0) is 0 Å². The van der Waals surface area contributed by atoms with Crippen LogP contribution in [0.25, 0.3) is 0 Å². The van der Waals surface area contributed by atoms with Crippen LogP contribution in [0.1, 0.15) is 0 Å². The molecule has 0 amide bonds. The number of rotatable bonds is 1. The van der Waals surface area contributed by atoms with E-state index in [9.17, 15) is 0 Å². The summed E-state index contributed by atoms with van der Waals surface area (Å²) in [5.41, 5.74) is 6.53. The lowest BCUT2D eigenvalue weighted by Gasteiger charge is -1.71. The Morgan fingerprint density at radius 3 is 1.86 bits per heavy atom. The van der Waals surface area contributed by atoms with Gasteiger partial charge in [0.1, 0.15) is 0 Å². The molecule has 0 saturated carbocycles. The minimum absolute atomic E-state index is 0.0972. The number of hydroxylamine groups is 1. The van der Waals surface area contributed by atoms with Gasteiger partial charge < -0.3 is 16.0 Å². The van der Waals surface area contributed by atoms with E-state index < -0.39 is 0 Å². The molecule has 0 spiro atoms. The lowest BCUT2D eigenvalue weighted by Crippen LogP contribution is -2.02. The Labute approximate surface area is 42.9 Å². The normalized spacial score (nSPS) is 6.86. The predicted octanol–water partition coefficient (Wildman–Crippen LogP) is -1.47. The molecule has 0 saturated heterocycles. The summed E-state index contributed by atoms with van der Waals surface area (Å²) in [5, 5.41) is 15.1. The van der Waals surface area contributed by atoms with Gasteiger partial charge in [0.15, 0.2) is 0 Å². The highest BCUT2D eigenvalue weighted by Crippen LogP contribution is 1.33. The Hall–Kier alpha value is -0.160. The molecule has 0 aromatic carbocycles. The molecule has 0 rings (SSSR count). The second-order valence-electron chi connectivity index (χ2n) is 0.736. The van der Waals surface area contributed by atoms with Gasteiger partial charge in [0.25, 0.3) is 0 Å². The van der Waals surface area contributed by atoms with Crippen LogP contribution in [0.5, 0.6) is 0 Å². The van der Waals surface area contributed by atoms with E-state index >= 15 is 0 Å². The molecular weight excluding hydrogens is 96.0 g/mol. The molecule has 0 unspecified atom stereocenters. The van der Waals surface area contributed by atoms with Crippen molar-refractivity contribution in [2.45, 2.75) is 0 Å². The maximum atomic E-state index is 7.75. The molecule has 0 atom stereocenters. The number of hydrogen-bond donors (Lipinski definition) is 4. The quantitative estimate of drug-likeness (QED) is 0.309. The molecule has 0 aliphatic carbocycles. The molecule has 0 aliphatic heterocycles. The number of aliphatic hydroxyl groups excluding tert-OH is 1. The summed E-state index contributed by atoms with van der Waals surface area (Å²) in [5.74, 6) is 0. The Morgan fingerprint density at radius 1 is 1.71 bits per heavy atom. The summed E-state index contributed by atoms with van der Waals surface area (Å²) in [7, 11) is 1.43. The summed E-state index contributed by atoms with van der Waals surface area (Å²) in [6.07, 6.45) is 0. The molecule has 0 heterocycles. The number of hydrogen-bond acceptors (Lipinski definition) is 4. The third kappa shape index (κ3) is 122. The summed E-state index contributed by atoms with van der Waals surface area (Å²) >= 11 is 0. The van der Waals surface area contributed by atoms with Gasteiger partial charge in [0, 0.05) is 13.6 Å². The first-order chi connectivity index (χ1) is 3.33. The van der Waals surface area contributed by atoms with E-state index in [0.29, 0.717) is 6.54 Å². The zero-order chi connectivity index (χ0) is 6.12. The van der Waals surface area contributed by atoms with Crippen LogP contribution in [0.3, 0.4) is 0 Å². The minimum atomic E-state index is 0.0972. The zero-order valence-corrected chi connectivity index (χ0v) is 4.39. The molecule has 0 aromatic rings. The zero-order valence-electron chi connectivity index (χ0n) is 4.39. The van der Waals surface area contributed by atoms with E-state index in [1.54, 1.807) is 5.48 Å². The lowest BCUT2D eigenvalue weighted by atomic mass is 10.8. The monoisotopic (exact) mass is 108 g/mol. The van der Waals surface area contributed by atoms with Crippen molar-refractivity contribution in [3.8, 4) is 0 Å². The van der Waals surface area contributed by atoms with Crippen molar-refractivity contribution in [3.05, 3.63) is 0 Å². The number of aliphatic hydroxyl groups is 1. The summed E-state index contributed by atoms with van der Waals surface area (Å²) in [4.78, 5) is 0. The third-order valence-corrected chi connectivity index (χ3v) is 0.129. The Balaban J connectivity index is 0. The molecule has 0 aliphatic rings. The Morgan fingerprint density at radius 2 is 1.86 bits per heavy atom. The van der Waals surface area contributed by atoms with Gasteiger partial charge in [0.2, 0.25) is 0 Å². The average Bonchev–Trinajstić information content (AvgIpc) is 1.69. The topological polar surface area (TPSA) is 78.5 Å². The van der Waals surface area contributed by atoms with Gasteiger partial charge in [0.05, 0.1) is 6.61 Å². The first kappa shape index (κ1) is 9.96. The first-order valence-electron chi connectivity index (χ1n) is 1.95. The fourth-order valence-electron chi connectivity index (χ4n) is 0. The van der Waals surface area contributed by atoms with Gasteiger partial charge in [-0.2, -0.15) is 0 Å². The van der Waals surface area contributed by atoms with Crippen LogP contribution < -0.4 is 11.2 Å². The maximum Gasteiger partial charge on any atom is 0.0553 e. The van der Waals surface area contributed by atoms with Crippen molar-refractivity contribution < 1.29 is 10.3 Å². The van der Waals surface area contributed by atoms with Crippen molar-refractivity contribution in [2.75, 3.05) is 20.2 Å². The number of nitrogens with one attached hydrogen (secondary N) is 1. The van der Waals surface area contributed by atoms with Crippen LogP contribution >= 0.6 is 0 Å². The van der Waals surface area contributed by atoms with Crippen LogP contribution in [0, 0.1) is 0 Å². The fraction of sp³-hybridized carbons (Fsp3) is 1.00. The lowest BCUT2D eigenvalue weighted by molar-refractivity contribution is 0.194. The molecule has 4 heteroatoms. The van der Waals surface area contributed by atoms with Gasteiger partial charge in [-0.15, -0.1) is 0 Å². The molecule has 7 heavy (non-hydrogen) atoms. The van der Waals surface area contributed by atoms with Crippen LogP contribution in [-0.4, -0.2) is 30.5 Å².